The molecule has 0 atom stereocenters. The van der Waals surface area contributed by atoms with Crippen LogP contribution in [-0.4, -0.2) is 43.3 Å². The summed E-state index contributed by atoms with van der Waals surface area (Å²) >= 11 is 0. The van der Waals surface area contributed by atoms with E-state index in [1.54, 1.807) is 0 Å². The molecule has 3 heteroatoms. The largest absolute Gasteiger partial charge is 0.378 e. The minimum Gasteiger partial charge on any atom is -0.378 e. The van der Waals surface area contributed by atoms with Gasteiger partial charge in [-0.15, -0.1) is 0 Å². The number of hydrogen-bond acceptors (Lipinski definition) is 3. The lowest BCUT2D eigenvalue weighted by Gasteiger charge is -2.35. The predicted octanol–water partition coefficient (Wildman–Crippen LogP) is 1.76. The van der Waals surface area contributed by atoms with Crippen molar-refractivity contribution in [2.45, 2.75) is 57.1 Å². The molecule has 1 aliphatic heterocycles. The van der Waals surface area contributed by atoms with Crippen LogP contribution in [0.3, 0.4) is 0 Å². The second kappa shape index (κ2) is 6.58. The van der Waals surface area contributed by atoms with E-state index in [9.17, 15) is 0 Å². The lowest BCUT2D eigenvalue weighted by Crippen LogP contribution is -2.42. The summed E-state index contributed by atoms with van der Waals surface area (Å²) in [6.45, 7) is 4.10. The van der Waals surface area contributed by atoms with Gasteiger partial charge in [-0.2, -0.15) is 0 Å². The molecule has 2 rings (SSSR count). The van der Waals surface area contributed by atoms with Gasteiger partial charge in [-0.05, 0) is 38.6 Å². The van der Waals surface area contributed by atoms with Crippen molar-refractivity contribution < 1.29 is 4.74 Å². The Bertz CT molecular complexity index is 184. The van der Waals surface area contributed by atoms with Gasteiger partial charge in [0.1, 0.15) is 0 Å². The second-order valence-electron chi connectivity index (χ2n) is 5.19. The molecule has 3 nitrogen and oxygen atoms in total. The number of likely N-dealkylation sites (tertiary alicyclic amines) is 1. The maximum absolute atomic E-state index is 5.83. The van der Waals surface area contributed by atoms with Crippen molar-refractivity contribution in [2.75, 3.05) is 26.2 Å². The molecule has 1 saturated carbocycles. The zero-order chi connectivity index (χ0) is 11.2. The molecule has 0 unspecified atom stereocenters. The minimum absolute atomic E-state index is 0.504. The average molecular weight is 226 g/mol. The van der Waals surface area contributed by atoms with Crippen molar-refractivity contribution in [1.82, 2.24) is 4.90 Å². The van der Waals surface area contributed by atoms with Gasteiger partial charge in [0.25, 0.3) is 0 Å². The average Bonchev–Trinajstić information content (AvgIpc) is 2.84. The summed E-state index contributed by atoms with van der Waals surface area (Å²) in [6, 6.07) is 0.894. The first kappa shape index (κ1) is 12.3. The zero-order valence-corrected chi connectivity index (χ0v) is 10.4. The van der Waals surface area contributed by atoms with Crippen LogP contribution in [0, 0.1) is 0 Å². The highest BCUT2D eigenvalue weighted by atomic mass is 16.5. The maximum Gasteiger partial charge on any atom is 0.0599 e. The highest BCUT2D eigenvalue weighted by Crippen LogP contribution is 2.26. The molecule has 0 aromatic carbocycles. The fourth-order valence-electron chi connectivity index (χ4n) is 3.01. The molecule has 1 aliphatic carbocycles. The van der Waals surface area contributed by atoms with Gasteiger partial charge in [0, 0.05) is 25.7 Å². The number of nitrogens with zero attached hydrogens (tertiary/aromatic N) is 1. The van der Waals surface area contributed by atoms with E-state index < -0.39 is 0 Å². The Balaban J connectivity index is 1.62. The Hall–Kier alpha value is -0.120. The Morgan fingerprint density at radius 3 is 2.38 bits per heavy atom. The van der Waals surface area contributed by atoms with Crippen molar-refractivity contribution in [3.05, 3.63) is 0 Å². The van der Waals surface area contributed by atoms with Crippen LogP contribution in [0.25, 0.3) is 0 Å². The number of ether oxygens (including phenoxy) is 1. The van der Waals surface area contributed by atoms with Gasteiger partial charge in [0.15, 0.2) is 0 Å². The molecule has 0 aromatic heterocycles. The van der Waals surface area contributed by atoms with Crippen molar-refractivity contribution in [3.63, 3.8) is 0 Å². The van der Waals surface area contributed by atoms with Crippen LogP contribution in [0.1, 0.15) is 44.9 Å². The van der Waals surface area contributed by atoms with E-state index in [-0.39, 0.29) is 0 Å². The van der Waals surface area contributed by atoms with Crippen LogP contribution in [0.5, 0.6) is 0 Å². The Morgan fingerprint density at radius 1 is 1.06 bits per heavy atom. The molecule has 2 aliphatic rings. The SMILES string of the molecule is NCCCOC1CCN(C2CCCC2)CC1. The summed E-state index contributed by atoms with van der Waals surface area (Å²) in [5.74, 6) is 0. The van der Waals surface area contributed by atoms with E-state index in [0.29, 0.717) is 6.10 Å². The van der Waals surface area contributed by atoms with Crippen LogP contribution >= 0.6 is 0 Å². The summed E-state index contributed by atoms with van der Waals surface area (Å²) in [5.41, 5.74) is 5.46. The quantitative estimate of drug-likeness (QED) is 0.726. The van der Waals surface area contributed by atoms with E-state index in [4.69, 9.17) is 10.5 Å². The highest BCUT2D eigenvalue weighted by Gasteiger charge is 2.27. The van der Waals surface area contributed by atoms with E-state index in [1.807, 2.05) is 0 Å². The van der Waals surface area contributed by atoms with Crippen LogP contribution < -0.4 is 5.73 Å². The number of piperidine rings is 1. The Morgan fingerprint density at radius 2 is 1.75 bits per heavy atom. The fraction of sp³-hybridized carbons (Fsp3) is 1.00. The molecule has 2 fully saturated rings. The summed E-state index contributed by atoms with van der Waals surface area (Å²) in [4.78, 5) is 2.69. The van der Waals surface area contributed by atoms with Crippen LogP contribution in [0.15, 0.2) is 0 Å². The number of nitrogens with two attached hydrogens (primary N) is 1. The van der Waals surface area contributed by atoms with Gasteiger partial charge in [0.2, 0.25) is 0 Å². The predicted molar refractivity (Wildman–Crippen MR) is 66.5 cm³/mol. The minimum atomic E-state index is 0.504. The van der Waals surface area contributed by atoms with Crippen molar-refractivity contribution in [3.8, 4) is 0 Å². The highest BCUT2D eigenvalue weighted by molar-refractivity contribution is 4.82. The number of hydrogen-bond donors (Lipinski definition) is 1. The molecule has 0 aromatic rings. The third-order valence-electron chi connectivity index (χ3n) is 4.02. The smallest absolute Gasteiger partial charge is 0.0599 e. The standard InChI is InChI=1S/C13H26N2O/c14-8-3-11-16-13-6-9-15(10-7-13)12-4-1-2-5-12/h12-13H,1-11,14H2. The normalized spacial score (nSPS) is 25.3. The first-order chi connectivity index (χ1) is 7.90. The fourth-order valence-corrected chi connectivity index (χ4v) is 3.01. The van der Waals surface area contributed by atoms with Gasteiger partial charge < -0.3 is 15.4 Å². The maximum atomic E-state index is 5.83. The van der Waals surface area contributed by atoms with E-state index in [2.05, 4.69) is 4.90 Å². The van der Waals surface area contributed by atoms with E-state index >= 15 is 0 Å². The first-order valence-electron chi connectivity index (χ1n) is 6.96. The zero-order valence-electron chi connectivity index (χ0n) is 10.4. The number of rotatable bonds is 5. The van der Waals surface area contributed by atoms with Gasteiger partial charge >= 0.3 is 0 Å². The van der Waals surface area contributed by atoms with Crippen LogP contribution in [-0.2, 0) is 4.74 Å². The van der Waals surface area contributed by atoms with Crippen molar-refractivity contribution >= 4 is 0 Å². The molecule has 0 radical (unpaired) electrons. The van der Waals surface area contributed by atoms with Crippen LogP contribution in [0.2, 0.25) is 0 Å². The molecule has 0 amide bonds. The second-order valence-corrected chi connectivity index (χ2v) is 5.19. The molecular formula is C13H26N2O. The van der Waals surface area contributed by atoms with Gasteiger partial charge in [-0.3, -0.25) is 0 Å². The third kappa shape index (κ3) is 3.44. The summed E-state index contributed by atoms with van der Waals surface area (Å²) < 4.78 is 5.83. The molecule has 16 heavy (non-hydrogen) atoms. The first-order valence-corrected chi connectivity index (χ1v) is 6.96. The summed E-state index contributed by atoms with van der Waals surface area (Å²) in [6.07, 6.45) is 9.70. The molecule has 2 N–H and O–H groups in total. The Labute approximate surface area is 99.3 Å². The van der Waals surface area contributed by atoms with Crippen molar-refractivity contribution in [1.29, 1.82) is 0 Å². The van der Waals surface area contributed by atoms with Crippen molar-refractivity contribution in [2.24, 2.45) is 5.73 Å². The molecule has 0 bridgehead atoms. The summed E-state index contributed by atoms with van der Waals surface area (Å²) in [5, 5.41) is 0. The lowest BCUT2D eigenvalue weighted by atomic mass is 10.0. The van der Waals surface area contributed by atoms with E-state index in [0.717, 1.165) is 25.6 Å². The van der Waals surface area contributed by atoms with Gasteiger partial charge in [0.05, 0.1) is 6.10 Å². The molecule has 1 heterocycles. The summed E-state index contributed by atoms with van der Waals surface area (Å²) in [7, 11) is 0. The molecule has 94 valence electrons. The lowest BCUT2D eigenvalue weighted by molar-refractivity contribution is -0.00153. The van der Waals surface area contributed by atoms with Gasteiger partial charge in [-0.25, -0.2) is 0 Å². The molecule has 0 spiro atoms. The molecule has 1 saturated heterocycles. The topological polar surface area (TPSA) is 38.5 Å². The van der Waals surface area contributed by atoms with E-state index in [1.165, 1.54) is 51.6 Å². The Kier molecular flexibility index (Phi) is 5.07. The molecular weight excluding hydrogens is 200 g/mol. The monoisotopic (exact) mass is 226 g/mol. The van der Waals surface area contributed by atoms with Gasteiger partial charge in [-0.1, -0.05) is 12.8 Å². The third-order valence-corrected chi connectivity index (χ3v) is 4.02. The van der Waals surface area contributed by atoms with Crippen LogP contribution in [0.4, 0.5) is 0 Å².